The van der Waals surface area contributed by atoms with E-state index in [0.717, 1.165) is 11.4 Å². The lowest BCUT2D eigenvalue weighted by Crippen LogP contribution is -2.21. The summed E-state index contributed by atoms with van der Waals surface area (Å²) in [5.41, 5.74) is 2.48. The van der Waals surface area contributed by atoms with Crippen LogP contribution < -0.4 is 10.9 Å². The molecule has 2 aromatic heterocycles. The Bertz CT molecular complexity index is 1060. The lowest BCUT2D eigenvalue weighted by molar-refractivity contribution is 0.432. The van der Waals surface area contributed by atoms with Crippen LogP contribution in [0.1, 0.15) is 29.5 Å². The van der Waals surface area contributed by atoms with Crippen molar-refractivity contribution in [2.75, 3.05) is 5.32 Å². The van der Waals surface area contributed by atoms with Crippen LogP contribution >= 0.6 is 0 Å². The zero-order chi connectivity index (χ0) is 18.3. The molecule has 7 heteroatoms. The largest absolute Gasteiger partial charge is 0.507 e. The molecule has 0 radical (unpaired) electrons. The number of anilines is 1. The van der Waals surface area contributed by atoms with Crippen molar-refractivity contribution in [1.29, 1.82) is 0 Å². The van der Waals surface area contributed by atoms with Crippen molar-refractivity contribution in [1.82, 2.24) is 9.78 Å². The summed E-state index contributed by atoms with van der Waals surface area (Å²) in [6.07, 6.45) is 2.12. The topological polar surface area (TPSA) is 92.7 Å². The van der Waals surface area contributed by atoms with Crippen LogP contribution in [0.25, 0.3) is 0 Å². The van der Waals surface area contributed by atoms with Gasteiger partial charge in [-0.15, -0.1) is 0 Å². The molecule has 132 valence electrons. The fraction of sp³-hybridized carbons (Fsp3) is 0.211. The van der Waals surface area contributed by atoms with Crippen molar-refractivity contribution in [3.8, 4) is 5.75 Å². The van der Waals surface area contributed by atoms with Crippen molar-refractivity contribution in [3.63, 3.8) is 0 Å². The highest BCUT2D eigenvalue weighted by atomic mass is 16.4. The number of rotatable bonds is 2. The molecule has 0 aliphatic carbocycles. The molecule has 1 aromatic carbocycles. The Morgan fingerprint density at radius 3 is 2.85 bits per heavy atom. The van der Waals surface area contributed by atoms with Gasteiger partial charge in [-0.3, -0.25) is 9.67 Å². The minimum atomic E-state index is -0.593. The molecule has 0 amide bonds. The maximum absolute atomic E-state index is 12.4. The molecule has 1 atom stereocenters. The first-order valence-corrected chi connectivity index (χ1v) is 8.28. The summed E-state index contributed by atoms with van der Waals surface area (Å²) in [6.45, 7) is 1.62. The second kappa shape index (κ2) is 6.18. The molecular weight excluding hydrogens is 332 g/mol. The third kappa shape index (κ3) is 2.77. The molecule has 3 heterocycles. The van der Waals surface area contributed by atoms with Crippen LogP contribution in [-0.2, 0) is 7.05 Å². The Morgan fingerprint density at radius 2 is 2.12 bits per heavy atom. The van der Waals surface area contributed by atoms with Crippen molar-refractivity contribution in [2.24, 2.45) is 12.0 Å². The van der Waals surface area contributed by atoms with E-state index in [2.05, 4.69) is 15.4 Å². The minimum absolute atomic E-state index is 0.0984. The Labute approximate surface area is 149 Å². The molecule has 26 heavy (non-hydrogen) atoms. The van der Waals surface area contributed by atoms with E-state index in [0.29, 0.717) is 23.6 Å². The summed E-state index contributed by atoms with van der Waals surface area (Å²) in [6, 6.07) is 10.8. The number of nitrogens with zero attached hydrogens (tertiary/aromatic N) is 3. The highest BCUT2D eigenvalue weighted by Gasteiger charge is 2.26. The van der Waals surface area contributed by atoms with Crippen LogP contribution in [-0.4, -0.2) is 20.6 Å². The lowest BCUT2D eigenvalue weighted by atomic mass is 10.0. The summed E-state index contributed by atoms with van der Waals surface area (Å²) >= 11 is 0. The number of aliphatic imine (C=N–C) groups is 1. The molecular formula is C19H18N4O3. The number of aromatic nitrogens is 2. The third-order valence-electron chi connectivity index (χ3n) is 4.45. The van der Waals surface area contributed by atoms with Gasteiger partial charge in [-0.05, 0) is 25.1 Å². The molecule has 1 aliphatic rings. The van der Waals surface area contributed by atoms with Crippen molar-refractivity contribution < 1.29 is 9.52 Å². The molecule has 7 nitrogen and oxygen atoms in total. The summed E-state index contributed by atoms with van der Waals surface area (Å²) < 4.78 is 6.96. The lowest BCUT2D eigenvalue weighted by Gasteiger charge is -2.19. The molecule has 0 saturated heterocycles. The molecule has 0 spiro atoms. The van der Waals surface area contributed by atoms with E-state index in [1.165, 1.54) is 6.07 Å². The van der Waals surface area contributed by atoms with E-state index < -0.39 is 5.63 Å². The van der Waals surface area contributed by atoms with Gasteiger partial charge in [0.05, 0.1) is 28.8 Å². The van der Waals surface area contributed by atoms with Crippen LogP contribution in [0.3, 0.4) is 0 Å². The van der Waals surface area contributed by atoms with Gasteiger partial charge in [0, 0.05) is 25.7 Å². The number of para-hydroxylation sites is 2. The monoisotopic (exact) mass is 350 g/mol. The van der Waals surface area contributed by atoms with Crippen molar-refractivity contribution >= 4 is 17.1 Å². The highest BCUT2D eigenvalue weighted by Crippen LogP contribution is 2.35. The summed E-state index contributed by atoms with van der Waals surface area (Å²) in [4.78, 5) is 17.1. The zero-order valence-corrected chi connectivity index (χ0v) is 14.4. The summed E-state index contributed by atoms with van der Waals surface area (Å²) in [5, 5.41) is 18.0. The maximum atomic E-state index is 12.4. The van der Waals surface area contributed by atoms with Gasteiger partial charge in [0.15, 0.2) is 0 Å². The predicted octanol–water partition coefficient (Wildman–Crippen LogP) is 3.07. The number of hydrogen-bond acceptors (Lipinski definition) is 6. The number of hydrogen-bond donors (Lipinski definition) is 2. The minimum Gasteiger partial charge on any atom is -0.507 e. The number of fused-ring (bicyclic) bond motifs is 1. The molecule has 0 bridgehead atoms. The highest BCUT2D eigenvalue weighted by molar-refractivity contribution is 6.05. The first-order valence-electron chi connectivity index (χ1n) is 8.28. The molecule has 0 saturated carbocycles. The van der Waals surface area contributed by atoms with Crippen molar-refractivity contribution in [3.05, 3.63) is 70.0 Å². The average Bonchev–Trinajstić information content (AvgIpc) is 2.91. The number of nitrogens with one attached hydrogen (secondary N) is 1. The predicted molar refractivity (Wildman–Crippen MR) is 98.2 cm³/mol. The quantitative estimate of drug-likeness (QED) is 0.741. The van der Waals surface area contributed by atoms with Crippen LogP contribution in [0.4, 0.5) is 11.4 Å². The van der Waals surface area contributed by atoms with E-state index in [-0.39, 0.29) is 17.4 Å². The van der Waals surface area contributed by atoms with Crippen LogP contribution in [0.5, 0.6) is 5.75 Å². The molecule has 4 rings (SSSR count). The molecule has 0 unspecified atom stereocenters. The van der Waals surface area contributed by atoms with E-state index in [1.807, 2.05) is 37.4 Å². The van der Waals surface area contributed by atoms with Crippen LogP contribution in [0.2, 0.25) is 0 Å². The van der Waals surface area contributed by atoms with Gasteiger partial charge in [-0.1, -0.05) is 12.1 Å². The van der Waals surface area contributed by atoms with E-state index in [4.69, 9.17) is 4.42 Å². The van der Waals surface area contributed by atoms with Gasteiger partial charge in [0.1, 0.15) is 17.1 Å². The molecule has 2 N–H and O–H groups in total. The molecule has 1 aliphatic heterocycles. The number of aromatic hydroxyl groups is 1. The van der Waals surface area contributed by atoms with Gasteiger partial charge in [0.2, 0.25) is 0 Å². The number of benzene rings is 1. The second-order valence-electron chi connectivity index (χ2n) is 6.26. The summed E-state index contributed by atoms with van der Waals surface area (Å²) in [7, 11) is 1.86. The normalized spacial score (nSPS) is 16.4. The average molecular weight is 350 g/mol. The van der Waals surface area contributed by atoms with Gasteiger partial charge >= 0.3 is 5.63 Å². The SMILES string of the molecule is Cc1cc(O)c(C2=Nc3ccccc3N[C@H](c3ccnn3C)C2)c(=O)o1. The second-order valence-corrected chi connectivity index (χ2v) is 6.26. The Kier molecular flexibility index (Phi) is 3.84. The Balaban J connectivity index is 1.90. The van der Waals surface area contributed by atoms with Crippen LogP contribution in [0.15, 0.2) is 56.8 Å². The zero-order valence-electron chi connectivity index (χ0n) is 14.4. The van der Waals surface area contributed by atoms with Gasteiger partial charge in [-0.2, -0.15) is 5.10 Å². The first-order chi connectivity index (χ1) is 12.5. The van der Waals surface area contributed by atoms with Crippen molar-refractivity contribution in [2.45, 2.75) is 19.4 Å². The maximum Gasteiger partial charge on any atom is 0.348 e. The van der Waals surface area contributed by atoms with E-state index in [9.17, 15) is 9.90 Å². The van der Waals surface area contributed by atoms with Crippen LogP contribution in [0, 0.1) is 6.92 Å². The number of aryl methyl sites for hydroxylation is 2. The first kappa shape index (κ1) is 16.1. The van der Waals surface area contributed by atoms with E-state index >= 15 is 0 Å². The molecule has 3 aromatic rings. The van der Waals surface area contributed by atoms with Gasteiger partial charge in [0.25, 0.3) is 0 Å². The fourth-order valence-electron chi connectivity index (χ4n) is 3.24. The van der Waals surface area contributed by atoms with E-state index in [1.54, 1.807) is 17.8 Å². The standard InChI is InChI=1S/C19H18N4O3/c1-11-9-17(24)18(19(25)26-11)15-10-14(16-7-8-20-23(16)2)21-12-5-3-4-6-13(12)22-15/h3-9,14,21,24H,10H2,1-2H3/t14-/m0/s1. The third-order valence-corrected chi connectivity index (χ3v) is 4.45. The fourth-order valence-corrected chi connectivity index (χ4v) is 3.24. The Hall–Kier alpha value is -3.35. The van der Waals surface area contributed by atoms with Gasteiger partial charge in [-0.25, -0.2) is 4.79 Å². The van der Waals surface area contributed by atoms with Gasteiger partial charge < -0.3 is 14.8 Å². The summed E-state index contributed by atoms with van der Waals surface area (Å²) in [5.74, 6) is 0.229. The Morgan fingerprint density at radius 1 is 1.31 bits per heavy atom. The molecule has 0 fully saturated rings. The smallest absolute Gasteiger partial charge is 0.348 e.